The highest BCUT2D eigenvalue weighted by molar-refractivity contribution is 9.10. The van der Waals surface area contributed by atoms with E-state index < -0.39 is 29.5 Å². The van der Waals surface area contributed by atoms with Crippen LogP contribution in [-0.2, 0) is 4.79 Å². The molecule has 1 aromatic carbocycles. The highest BCUT2D eigenvalue weighted by Gasteiger charge is 2.31. The monoisotopic (exact) mass is 409 g/mol. The molecule has 1 aliphatic rings. The normalized spacial score (nSPS) is 18.3. The van der Waals surface area contributed by atoms with E-state index >= 15 is 0 Å². The largest absolute Gasteiger partial charge is 0.405 e. The Hall–Kier alpha value is -1.84. The highest BCUT2D eigenvalue weighted by Crippen LogP contribution is 2.33. The van der Waals surface area contributed by atoms with Gasteiger partial charge in [-0.2, -0.15) is 13.2 Å². The highest BCUT2D eigenvalue weighted by atomic mass is 79.9. The van der Waals surface area contributed by atoms with Crippen LogP contribution in [0.2, 0.25) is 0 Å². The molecule has 1 saturated heterocycles. The Bertz CT molecular complexity index is 639. The van der Waals surface area contributed by atoms with Crippen molar-refractivity contribution in [3.05, 3.63) is 32.8 Å². The lowest BCUT2D eigenvalue weighted by molar-refractivity contribution is -0.384. The molecule has 0 aromatic heterocycles. The number of amides is 1. The minimum Gasteiger partial charge on any atom is -0.370 e. The van der Waals surface area contributed by atoms with Crippen LogP contribution in [0.3, 0.4) is 0 Å². The molecule has 0 radical (unpaired) electrons. The Labute approximate surface area is 144 Å². The third-order valence-electron chi connectivity index (χ3n) is 3.74. The first-order valence-corrected chi connectivity index (χ1v) is 8.00. The van der Waals surface area contributed by atoms with Crippen LogP contribution < -0.4 is 10.2 Å². The average molecular weight is 410 g/mol. The van der Waals surface area contributed by atoms with E-state index in [2.05, 4.69) is 15.9 Å². The number of carbonyl (C=O) groups excluding carboxylic acids is 1. The van der Waals surface area contributed by atoms with Crippen LogP contribution in [0.4, 0.5) is 24.5 Å². The van der Waals surface area contributed by atoms with Crippen molar-refractivity contribution >= 4 is 33.2 Å². The molecule has 1 N–H and O–H groups in total. The zero-order chi connectivity index (χ0) is 17.9. The van der Waals surface area contributed by atoms with Gasteiger partial charge in [0, 0.05) is 29.7 Å². The Balaban J connectivity index is 2.05. The summed E-state index contributed by atoms with van der Waals surface area (Å²) in [6.45, 7) is -0.455. The summed E-state index contributed by atoms with van der Waals surface area (Å²) in [6.07, 6.45) is -3.29. The Morgan fingerprint density at radius 2 is 2.17 bits per heavy atom. The molecule has 1 atom stereocenters. The SMILES string of the molecule is O=C(NCC(F)(F)F)C1CCCN(c2ccc([N+](=O)[O-])cc2Br)C1. The van der Waals surface area contributed by atoms with Gasteiger partial charge in [-0.1, -0.05) is 0 Å². The van der Waals surface area contributed by atoms with Gasteiger partial charge in [0.25, 0.3) is 5.69 Å². The number of nitrogens with one attached hydrogen (secondary N) is 1. The van der Waals surface area contributed by atoms with Crippen molar-refractivity contribution in [3.8, 4) is 0 Å². The van der Waals surface area contributed by atoms with Gasteiger partial charge in [-0.3, -0.25) is 14.9 Å². The first-order chi connectivity index (χ1) is 11.2. The molecule has 1 amide bonds. The third-order valence-corrected chi connectivity index (χ3v) is 4.37. The summed E-state index contributed by atoms with van der Waals surface area (Å²) in [5.41, 5.74) is 0.607. The predicted molar refractivity (Wildman–Crippen MR) is 84.8 cm³/mol. The Morgan fingerprint density at radius 3 is 2.75 bits per heavy atom. The summed E-state index contributed by atoms with van der Waals surface area (Å²) in [6, 6.07) is 4.29. The lowest BCUT2D eigenvalue weighted by atomic mass is 9.96. The molecule has 1 aliphatic heterocycles. The van der Waals surface area contributed by atoms with E-state index in [1.807, 2.05) is 10.2 Å². The molecule has 1 unspecified atom stereocenters. The zero-order valence-electron chi connectivity index (χ0n) is 12.5. The third kappa shape index (κ3) is 4.83. The summed E-state index contributed by atoms with van der Waals surface area (Å²) >= 11 is 3.27. The number of anilines is 1. The van der Waals surface area contributed by atoms with Gasteiger partial charge >= 0.3 is 6.18 Å². The van der Waals surface area contributed by atoms with E-state index in [1.165, 1.54) is 12.1 Å². The fourth-order valence-electron chi connectivity index (χ4n) is 2.61. The standard InChI is InChI=1S/C14H15BrF3N3O3/c15-11-6-10(21(23)24)3-4-12(11)20-5-1-2-9(7-20)13(22)19-8-14(16,17)18/h3-4,6,9H,1-2,5,7-8H2,(H,19,22). The number of nitrogens with zero attached hydrogens (tertiary/aromatic N) is 2. The van der Waals surface area contributed by atoms with Gasteiger partial charge < -0.3 is 10.2 Å². The summed E-state index contributed by atoms with van der Waals surface area (Å²) < 4.78 is 37.1. The second kappa shape index (κ2) is 7.37. The van der Waals surface area contributed by atoms with Crippen molar-refractivity contribution in [2.24, 2.45) is 5.92 Å². The molecule has 132 valence electrons. The number of non-ortho nitro benzene ring substituents is 1. The van der Waals surface area contributed by atoms with Gasteiger partial charge in [-0.15, -0.1) is 0 Å². The van der Waals surface area contributed by atoms with E-state index in [0.717, 1.165) is 0 Å². The molecule has 2 rings (SSSR count). The molecule has 10 heteroatoms. The smallest absolute Gasteiger partial charge is 0.370 e. The first kappa shape index (κ1) is 18.5. The number of hydrogen-bond acceptors (Lipinski definition) is 4. The quantitative estimate of drug-likeness (QED) is 0.611. The number of nitro groups is 1. The average Bonchev–Trinajstić information content (AvgIpc) is 2.51. The van der Waals surface area contributed by atoms with Crippen LogP contribution in [0.15, 0.2) is 22.7 Å². The predicted octanol–water partition coefficient (Wildman–Crippen LogP) is 3.25. The molecule has 0 spiro atoms. The van der Waals surface area contributed by atoms with Gasteiger partial charge in [0.15, 0.2) is 0 Å². The molecular weight excluding hydrogens is 395 g/mol. The van der Waals surface area contributed by atoms with Crippen LogP contribution in [0, 0.1) is 16.0 Å². The number of rotatable bonds is 4. The molecule has 0 aliphatic carbocycles. The van der Waals surface area contributed by atoms with E-state index in [0.29, 0.717) is 29.5 Å². The van der Waals surface area contributed by atoms with E-state index in [-0.39, 0.29) is 12.2 Å². The van der Waals surface area contributed by atoms with Gasteiger partial charge in [0.1, 0.15) is 6.54 Å². The maximum absolute atomic E-state index is 12.2. The number of benzene rings is 1. The van der Waals surface area contributed by atoms with Crippen LogP contribution >= 0.6 is 15.9 Å². The van der Waals surface area contributed by atoms with Crippen LogP contribution in [0.5, 0.6) is 0 Å². The molecule has 1 aromatic rings. The van der Waals surface area contributed by atoms with Gasteiger partial charge in [-0.25, -0.2) is 0 Å². The van der Waals surface area contributed by atoms with E-state index in [4.69, 9.17) is 0 Å². The maximum Gasteiger partial charge on any atom is 0.405 e. The van der Waals surface area contributed by atoms with Crippen molar-refractivity contribution < 1.29 is 22.9 Å². The lowest BCUT2D eigenvalue weighted by Gasteiger charge is -2.34. The lowest BCUT2D eigenvalue weighted by Crippen LogP contribution is -2.45. The van der Waals surface area contributed by atoms with Gasteiger partial charge in [0.2, 0.25) is 5.91 Å². The molecule has 6 nitrogen and oxygen atoms in total. The van der Waals surface area contributed by atoms with Gasteiger partial charge in [-0.05, 0) is 34.8 Å². The molecule has 24 heavy (non-hydrogen) atoms. The number of alkyl halides is 3. The van der Waals surface area contributed by atoms with Crippen molar-refractivity contribution in [1.82, 2.24) is 5.32 Å². The molecule has 1 heterocycles. The van der Waals surface area contributed by atoms with Crippen LogP contribution in [0.1, 0.15) is 12.8 Å². The second-order valence-electron chi connectivity index (χ2n) is 5.51. The van der Waals surface area contributed by atoms with Crippen molar-refractivity contribution in [2.45, 2.75) is 19.0 Å². The Morgan fingerprint density at radius 1 is 1.46 bits per heavy atom. The fraction of sp³-hybridized carbons (Fsp3) is 0.500. The fourth-order valence-corrected chi connectivity index (χ4v) is 3.22. The molecule has 1 fully saturated rings. The van der Waals surface area contributed by atoms with E-state index in [1.54, 1.807) is 6.07 Å². The molecule has 0 saturated carbocycles. The number of nitro benzene ring substituents is 1. The first-order valence-electron chi connectivity index (χ1n) is 7.21. The number of piperidine rings is 1. The van der Waals surface area contributed by atoms with Crippen molar-refractivity contribution in [1.29, 1.82) is 0 Å². The number of hydrogen-bond donors (Lipinski definition) is 1. The second-order valence-corrected chi connectivity index (χ2v) is 6.37. The topological polar surface area (TPSA) is 75.5 Å². The number of carbonyl (C=O) groups is 1. The maximum atomic E-state index is 12.2. The minimum atomic E-state index is -4.44. The van der Waals surface area contributed by atoms with Gasteiger partial charge in [0.05, 0.1) is 16.5 Å². The minimum absolute atomic E-state index is 0.0675. The number of halogens is 4. The molecule has 0 bridgehead atoms. The summed E-state index contributed by atoms with van der Waals surface area (Å²) in [5, 5.41) is 12.7. The van der Waals surface area contributed by atoms with Crippen molar-refractivity contribution in [2.75, 3.05) is 24.5 Å². The van der Waals surface area contributed by atoms with Crippen LogP contribution in [-0.4, -0.2) is 36.6 Å². The zero-order valence-corrected chi connectivity index (χ0v) is 14.1. The summed E-state index contributed by atoms with van der Waals surface area (Å²) in [7, 11) is 0. The Kier molecular flexibility index (Phi) is 5.68. The molecular formula is C14H15BrF3N3O3. The van der Waals surface area contributed by atoms with Crippen LogP contribution in [0.25, 0.3) is 0 Å². The van der Waals surface area contributed by atoms with E-state index in [9.17, 15) is 28.1 Å². The summed E-state index contributed by atoms with van der Waals surface area (Å²) in [4.78, 5) is 24.0. The van der Waals surface area contributed by atoms with Crippen molar-refractivity contribution in [3.63, 3.8) is 0 Å². The summed E-state index contributed by atoms with van der Waals surface area (Å²) in [5.74, 6) is -1.18.